The summed E-state index contributed by atoms with van der Waals surface area (Å²) in [7, 11) is -1.27. The molecule has 0 spiro atoms. The smallest absolute Gasteiger partial charge is 0.0758 e. The van der Waals surface area contributed by atoms with Gasteiger partial charge in [-0.25, -0.2) is 0 Å². The molecule has 2 aromatic rings. The molecular formula is C28H33Si. The van der Waals surface area contributed by atoms with Crippen molar-refractivity contribution in [1.82, 2.24) is 0 Å². The van der Waals surface area contributed by atoms with E-state index in [0.29, 0.717) is 5.92 Å². The summed E-state index contributed by atoms with van der Waals surface area (Å²) in [5.74, 6) is 0.391. The van der Waals surface area contributed by atoms with Crippen LogP contribution in [0.3, 0.4) is 0 Å². The molecule has 1 saturated heterocycles. The van der Waals surface area contributed by atoms with Gasteiger partial charge in [-0.15, -0.1) is 0 Å². The minimum atomic E-state index is -1.27. The highest BCUT2D eigenvalue weighted by molar-refractivity contribution is 7.04. The van der Waals surface area contributed by atoms with Gasteiger partial charge >= 0.3 is 0 Å². The molecule has 2 aliphatic carbocycles. The Morgan fingerprint density at radius 1 is 0.690 bits per heavy atom. The molecular weight excluding hydrogens is 364 g/mol. The SMILES string of the molecule is CC(C)(C)c1ccc2c(c1)C(C1=C3[C](C=C1)[Si]3(C)C)c1cc(C(C)(C)C)ccc1-2. The normalized spacial score (nSPS) is 20.1. The van der Waals surface area contributed by atoms with E-state index in [9.17, 15) is 0 Å². The van der Waals surface area contributed by atoms with E-state index in [0.717, 1.165) is 0 Å². The lowest BCUT2D eigenvalue weighted by atomic mass is 9.81. The van der Waals surface area contributed by atoms with Crippen molar-refractivity contribution in [3.05, 3.63) is 87.1 Å². The average Bonchev–Trinajstić information content (AvgIpc) is 2.96. The zero-order valence-corrected chi connectivity index (χ0v) is 20.2. The fourth-order valence-corrected chi connectivity index (χ4v) is 8.75. The summed E-state index contributed by atoms with van der Waals surface area (Å²) < 4.78 is 0. The first-order chi connectivity index (χ1) is 13.4. The molecule has 0 bridgehead atoms. The Balaban J connectivity index is 1.76. The van der Waals surface area contributed by atoms with E-state index in [1.807, 2.05) is 0 Å². The topological polar surface area (TPSA) is 0 Å². The summed E-state index contributed by atoms with van der Waals surface area (Å²) in [4.78, 5) is 0. The summed E-state index contributed by atoms with van der Waals surface area (Å²) in [5, 5.41) is 1.73. The molecule has 29 heavy (non-hydrogen) atoms. The maximum absolute atomic E-state index is 2.51. The minimum Gasteiger partial charge on any atom is -0.0758 e. The Kier molecular flexibility index (Phi) is 3.72. The molecule has 5 rings (SSSR count). The molecule has 0 amide bonds. The Morgan fingerprint density at radius 3 is 1.55 bits per heavy atom. The van der Waals surface area contributed by atoms with Crippen LogP contribution in [0.25, 0.3) is 11.1 Å². The molecule has 0 unspecified atom stereocenters. The van der Waals surface area contributed by atoms with Crippen LogP contribution in [0.1, 0.15) is 69.7 Å². The van der Waals surface area contributed by atoms with Crippen molar-refractivity contribution in [2.75, 3.05) is 0 Å². The Hall–Kier alpha value is -1.86. The van der Waals surface area contributed by atoms with Crippen molar-refractivity contribution in [3.8, 4) is 11.1 Å². The molecule has 0 nitrogen and oxygen atoms in total. The maximum Gasteiger partial charge on any atom is 0.0918 e. The predicted octanol–water partition coefficient (Wildman–Crippen LogP) is 7.64. The van der Waals surface area contributed by atoms with Crippen LogP contribution in [-0.4, -0.2) is 8.07 Å². The van der Waals surface area contributed by atoms with Crippen molar-refractivity contribution in [3.63, 3.8) is 0 Å². The van der Waals surface area contributed by atoms with Crippen molar-refractivity contribution >= 4 is 8.07 Å². The van der Waals surface area contributed by atoms with Crippen molar-refractivity contribution in [2.45, 2.75) is 71.4 Å². The van der Waals surface area contributed by atoms with Crippen LogP contribution in [0.5, 0.6) is 0 Å². The summed E-state index contributed by atoms with van der Waals surface area (Å²) in [5.41, 5.74) is 12.4. The van der Waals surface area contributed by atoms with Gasteiger partial charge in [0.1, 0.15) is 0 Å². The van der Waals surface area contributed by atoms with E-state index >= 15 is 0 Å². The molecule has 0 atom stereocenters. The third-order valence-electron chi connectivity index (χ3n) is 7.28. The van der Waals surface area contributed by atoms with E-state index in [-0.39, 0.29) is 10.8 Å². The molecule has 1 heterocycles. The number of benzene rings is 2. The van der Waals surface area contributed by atoms with Crippen LogP contribution in [0.2, 0.25) is 13.1 Å². The van der Waals surface area contributed by atoms with Gasteiger partial charge in [0.05, 0.1) is 8.07 Å². The first kappa shape index (κ1) is 19.1. The number of rotatable bonds is 1. The third kappa shape index (κ3) is 2.70. The fourth-order valence-electron chi connectivity index (χ4n) is 5.33. The largest absolute Gasteiger partial charge is 0.0918 e. The van der Waals surface area contributed by atoms with E-state index in [1.165, 1.54) is 33.4 Å². The van der Waals surface area contributed by atoms with Gasteiger partial charge in [-0.05, 0) is 49.8 Å². The molecule has 3 aliphatic rings. The van der Waals surface area contributed by atoms with Crippen molar-refractivity contribution in [1.29, 1.82) is 0 Å². The maximum atomic E-state index is 2.51. The second-order valence-corrected chi connectivity index (χ2v) is 16.0. The Morgan fingerprint density at radius 2 is 1.17 bits per heavy atom. The molecule has 0 saturated carbocycles. The molecule has 1 aliphatic heterocycles. The highest BCUT2D eigenvalue weighted by Crippen LogP contribution is 2.61. The quantitative estimate of drug-likeness (QED) is 0.434. The van der Waals surface area contributed by atoms with Crippen LogP contribution < -0.4 is 0 Å². The number of hydrogen-bond acceptors (Lipinski definition) is 0. The van der Waals surface area contributed by atoms with E-state index in [4.69, 9.17) is 0 Å². The number of allylic oxidation sites excluding steroid dienone is 4. The van der Waals surface area contributed by atoms with Crippen LogP contribution in [0.15, 0.2) is 59.3 Å². The third-order valence-corrected chi connectivity index (χ3v) is 10.6. The van der Waals surface area contributed by atoms with Gasteiger partial charge in [-0.2, -0.15) is 0 Å². The molecule has 0 aromatic heterocycles. The minimum absolute atomic E-state index is 0.166. The molecule has 0 N–H and O–H groups in total. The van der Waals surface area contributed by atoms with Crippen LogP contribution >= 0.6 is 0 Å². The Labute approximate surface area is 177 Å². The zero-order chi connectivity index (χ0) is 20.9. The van der Waals surface area contributed by atoms with Gasteiger partial charge in [0, 0.05) is 11.5 Å². The summed E-state index contributed by atoms with van der Waals surface area (Å²) in [6.45, 7) is 19.0. The summed E-state index contributed by atoms with van der Waals surface area (Å²) >= 11 is 0. The monoisotopic (exact) mass is 397 g/mol. The van der Waals surface area contributed by atoms with Crippen LogP contribution in [0, 0.1) is 5.54 Å². The van der Waals surface area contributed by atoms with Gasteiger partial charge < -0.3 is 0 Å². The molecule has 1 heteroatoms. The van der Waals surface area contributed by atoms with Gasteiger partial charge in [0.15, 0.2) is 0 Å². The zero-order valence-electron chi connectivity index (χ0n) is 19.2. The lowest BCUT2D eigenvalue weighted by molar-refractivity contribution is 0.589. The predicted molar refractivity (Wildman–Crippen MR) is 128 cm³/mol. The number of fused-ring (bicyclic) bond motifs is 4. The van der Waals surface area contributed by atoms with Gasteiger partial charge in [0.2, 0.25) is 0 Å². The second kappa shape index (κ2) is 5.63. The van der Waals surface area contributed by atoms with Gasteiger partial charge in [-0.1, -0.05) is 108 Å². The first-order valence-electron chi connectivity index (χ1n) is 11.0. The molecule has 1 radical (unpaired) electrons. The van der Waals surface area contributed by atoms with Crippen LogP contribution in [-0.2, 0) is 10.8 Å². The molecule has 149 valence electrons. The van der Waals surface area contributed by atoms with Crippen molar-refractivity contribution in [2.24, 2.45) is 0 Å². The highest BCUT2D eigenvalue weighted by Gasteiger charge is 2.58. The first-order valence-corrected chi connectivity index (χ1v) is 14.0. The van der Waals surface area contributed by atoms with E-state index < -0.39 is 8.07 Å². The van der Waals surface area contributed by atoms with Gasteiger partial charge in [0.25, 0.3) is 0 Å². The highest BCUT2D eigenvalue weighted by atomic mass is 28.3. The van der Waals surface area contributed by atoms with Crippen LogP contribution in [0.4, 0.5) is 0 Å². The lowest BCUT2D eigenvalue weighted by Crippen LogP contribution is -2.13. The van der Waals surface area contributed by atoms with E-state index in [2.05, 4.69) is 103 Å². The standard InChI is InChI=1S/C28H33Si/c1-27(2,3)17-9-11-19-20-12-10-18(28(4,5)6)16-23(20)25(22(19)15-17)21-13-14-24-26(21)29(24,7)8/h9-16,25H,1-8H3. The summed E-state index contributed by atoms with van der Waals surface area (Å²) in [6, 6.07) is 14.5. The average molecular weight is 398 g/mol. The van der Waals surface area contributed by atoms with Gasteiger partial charge in [-0.3, -0.25) is 0 Å². The molecule has 1 fully saturated rings. The lowest BCUT2D eigenvalue weighted by Gasteiger charge is -2.23. The molecule has 2 aromatic carbocycles. The second-order valence-electron chi connectivity index (χ2n) is 11.7. The Bertz CT molecular complexity index is 1030. The van der Waals surface area contributed by atoms with E-state index in [1.54, 1.807) is 16.3 Å². The van der Waals surface area contributed by atoms with Crippen molar-refractivity contribution < 1.29 is 0 Å². The fraction of sp³-hybridized carbons (Fsp3) is 0.393. The number of hydrogen-bond donors (Lipinski definition) is 0. The summed E-state index contributed by atoms with van der Waals surface area (Å²) in [6.07, 6.45) is 4.86.